The number of hydrogen-bond acceptors (Lipinski definition) is 5. The Morgan fingerprint density at radius 3 is 2.46 bits per heavy atom. The predicted molar refractivity (Wildman–Crippen MR) is 151 cm³/mol. The van der Waals surface area contributed by atoms with Crippen molar-refractivity contribution in [1.29, 1.82) is 0 Å². The normalized spacial score (nSPS) is 20.0. The highest BCUT2D eigenvalue weighted by Crippen LogP contribution is 2.32. The van der Waals surface area contributed by atoms with Crippen LogP contribution in [0.1, 0.15) is 50.5 Å². The number of carbonyl (C=O) groups is 2. The molecule has 2 aliphatic carbocycles. The molecule has 1 heterocycles. The average Bonchev–Trinajstić information content (AvgIpc) is 3.28. The molecule has 2 aliphatic rings. The molecule has 6 nitrogen and oxygen atoms in total. The molecule has 4 aromatic rings. The van der Waals surface area contributed by atoms with Gasteiger partial charge in [0.05, 0.1) is 10.2 Å². The van der Waals surface area contributed by atoms with Crippen LogP contribution in [0.25, 0.3) is 21.0 Å². The number of thiazole rings is 1. The van der Waals surface area contributed by atoms with Gasteiger partial charge in [0.15, 0.2) is 5.13 Å². The molecule has 3 N–H and O–H groups in total. The van der Waals surface area contributed by atoms with Gasteiger partial charge in [-0.05, 0) is 72.7 Å². The van der Waals surface area contributed by atoms with Crippen LogP contribution in [-0.2, 0) is 16.1 Å². The second-order valence-electron chi connectivity index (χ2n) is 10.4. The van der Waals surface area contributed by atoms with Gasteiger partial charge in [0, 0.05) is 30.1 Å². The number of aromatic nitrogens is 1. The molecular formula is C30H32N4O2S. The van der Waals surface area contributed by atoms with E-state index in [4.69, 9.17) is 0 Å². The van der Waals surface area contributed by atoms with Crippen LogP contribution in [0.15, 0.2) is 60.7 Å². The summed E-state index contributed by atoms with van der Waals surface area (Å²) < 4.78 is 0.959. The summed E-state index contributed by atoms with van der Waals surface area (Å²) in [5.74, 6) is 0.278. The van der Waals surface area contributed by atoms with Crippen molar-refractivity contribution >= 4 is 55.0 Å². The van der Waals surface area contributed by atoms with E-state index < -0.39 is 0 Å². The van der Waals surface area contributed by atoms with Crippen molar-refractivity contribution < 1.29 is 9.59 Å². The predicted octanol–water partition coefficient (Wildman–Crippen LogP) is 6.48. The maximum absolute atomic E-state index is 13.1. The fraction of sp³-hybridized carbons (Fsp3) is 0.367. The second-order valence-corrected chi connectivity index (χ2v) is 11.5. The van der Waals surface area contributed by atoms with E-state index >= 15 is 0 Å². The molecule has 2 fully saturated rings. The average molecular weight is 513 g/mol. The Bertz CT molecular complexity index is 1440. The fourth-order valence-corrected chi connectivity index (χ4v) is 6.31. The molecule has 0 radical (unpaired) electrons. The van der Waals surface area contributed by atoms with Gasteiger partial charge in [-0.15, -0.1) is 0 Å². The van der Waals surface area contributed by atoms with Crippen LogP contribution in [0.2, 0.25) is 0 Å². The standard InChI is InChI=1S/C30H32N4O2S/c35-28(21-7-3-8-21)34-30-33-26-14-13-25(17-27(26)37-30)32-29(36)23-9-4-10-24(16-23)31-18-19-11-12-20-5-1-2-6-22(20)15-19/h1-2,5-6,11-15,17,21,23-24,31H,3-4,7-10,16,18H2,(H,32,36)(H,33,34,35)/t23-,24-/m1/s1. The number of hydrogen-bond donors (Lipinski definition) is 3. The van der Waals surface area contributed by atoms with E-state index in [9.17, 15) is 9.59 Å². The number of rotatable bonds is 7. The lowest BCUT2D eigenvalue weighted by Gasteiger charge is -2.29. The van der Waals surface area contributed by atoms with E-state index in [1.807, 2.05) is 18.2 Å². The summed E-state index contributed by atoms with van der Waals surface area (Å²) in [4.78, 5) is 29.9. The summed E-state index contributed by atoms with van der Waals surface area (Å²) in [6.45, 7) is 0.811. The molecule has 37 heavy (non-hydrogen) atoms. The fourth-order valence-electron chi connectivity index (χ4n) is 5.40. The van der Waals surface area contributed by atoms with E-state index in [1.165, 1.54) is 27.7 Å². The van der Waals surface area contributed by atoms with Crippen LogP contribution in [0.3, 0.4) is 0 Å². The SMILES string of the molecule is O=C(Nc1nc2ccc(NC(=O)[C@@H]3CCC[C@@H](NCc4ccc5ccccc5c4)C3)cc2s1)C1CCC1. The van der Waals surface area contributed by atoms with Crippen molar-refractivity contribution in [3.63, 3.8) is 0 Å². The van der Waals surface area contributed by atoms with Crippen molar-refractivity contribution in [3.8, 4) is 0 Å². The largest absolute Gasteiger partial charge is 0.326 e. The first-order valence-corrected chi connectivity index (χ1v) is 14.2. The zero-order valence-corrected chi connectivity index (χ0v) is 21.7. The first kappa shape index (κ1) is 24.1. The molecule has 7 heteroatoms. The van der Waals surface area contributed by atoms with Crippen molar-refractivity contribution in [1.82, 2.24) is 10.3 Å². The number of nitrogens with one attached hydrogen (secondary N) is 3. The topological polar surface area (TPSA) is 83.1 Å². The molecule has 2 saturated carbocycles. The number of benzene rings is 3. The Balaban J connectivity index is 1.04. The summed E-state index contributed by atoms with van der Waals surface area (Å²) in [5, 5.41) is 12.9. The van der Waals surface area contributed by atoms with Gasteiger partial charge in [-0.25, -0.2) is 4.98 Å². The molecule has 6 rings (SSSR count). The van der Waals surface area contributed by atoms with E-state index in [0.717, 1.165) is 67.4 Å². The third-order valence-electron chi connectivity index (χ3n) is 7.82. The zero-order chi connectivity index (χ0) is 25.2. The highest BCUT2D eigenvalue weighted by molar-refractivity contribution is 7.22. The first-order chi connectivity index (χ1) is 18.1. The lowest BCUT2D eigenvalue weighted by molar-refractivity contribution is -0.122. The molecule has 0 spiro atoms. The maximum atomic E-state index is 13.1. The van der Waals surface area contributed by atoms with E-state index in [1.54, 1.807) is 0 Å². The highest BCUT2D eigenvalue weighted by atomic mass is 32.1. The van der Waals surface area contributed by atoms with E-state index in [2.05, 4.69) is 63.4 Å². The van der Waals surface area contributed by atoms with E-state index in [0.29, 0.717) is 11.2 Å². The van der Waals surface area contributed by atoms with Gasteiger partial charge in [0.2, 0.25) is 11.8 Å². The van der Waals surface area contributed by atoms with E-state index in [-0.39, 0.29) is 23.7 Å². The lowest BCUT2D eigenvalue weighted by Crippen LogP contribution is -2.37. The maximum Gasteiger partial charge on any atom is 0.229 e. The molecule has 2 atom stereocenters. The Labute approximate surface area is 220 Å². The summed E-state index contributed by atoms with van der Waals surface area (Å²) in [7, 11) is 0. The number of fused-ring (bicyclic) bond motifs is 2. The minimum absolute atomic E-state index is 0.00247. The molecule has 0 saturated heterocycles. The Kier molecular flexibility index (Phi) is 6.89. The number of nitrogens with zero attached hydrogens (tertiary/aromatic N) is 1. The van der Waals surface area contributed by atoms with Crippen molar-refractivity contribution in [2.45, 2.75) is 57.5 Å². The number of carbonyl (C=O) groups excluding carboxylic acids is 2. The van der Waals surface area contributed by atoms with Crippen LogP contribution >= 0.6 is 11.3 Å². The van der Waals surface area contributed by atoms with Crippen LogP contribution < -0.4 is 16.0 Å². The number of anilines is 2. The van der Waals surface area contributed by atoms with Gasteiger partial charge in [-0.1, -0.05) is 60.6 Å². The molecule has 0 bridgehead atoms. The van der Waals surface area contributed by atoms with Crippen LogP contribution in [0.5, 0.6) is 0 Å². The first-order valence-electron chi connectivity index (χ1n) is 13.3. The summed E-state index contributed by atoms with van der Waals surface area (Å²) in [5.41, 5.74) is 2.89. The van der Waals surface area contributed by atoms with Gasteiger partial charge < -0.3 is 16.0 Å². The molecule has 3 aromatic carbocycles. The molecule has 190 valence electrons. The Morgan fingerprint density at radius 2 is 1.62 bits per heavy atom. The monoisotopic (exact) mass is 512 g/mol. The summed E-state index contributed by atoms with van der Waals surface area (Å²) in [6.07, 6.45) is 6.97. The molecule has 0 aliphatic heterocycles. The number of amides is 2. The minimum atomic E-state index is -0.00247. The summed E-state index contributed by atoms with van der Waals surface area (Å²) in [6, 6.07) is 21.1. The molecule has 1 aromatic heterocycles. The van der Waals surface area contributed by atoms with Crippen molar-refractivity contribution in [2.24, 2.45) is 11.8 Å². The van der Waals surface area contributed by atoms with Gasteiger partial charge >= 0.3 is 0 Å². The summed E-state index contributed by atoms with van der Waals surface area (Å²) >= 11 is 1.46. The molecule has 2 amide bonds. The van der Waals surface area contributed by atoms with Crippen molar-refractivity contribution in [3.05, 3.63) is 66.2 Å². The minimum Gasteiger partial charge on any atom is -0.326 e. The van der Waals surface area contributed by atoms with Gasteiger partial charge in [0.1, 0.15) is 0 Å². The van der Waals surface area contributed by atoms with Crippen LogP contribution in [0.4, 0.5) is 10.8 Å². The molecular weight excluding hydrogens is 480 g/mol. The van der Waals surface area contributed by atoms with Gasteiger partial charge in [-0.2, -0.15) is 0 Å². The Morgan fingerprint density at radius 1 is 0.838 bits per heavy atom. The van der Waals surface area contributed by atoms with Crippen LogP contribution in [-0.4, -0.2) is 22.8 Å². The van der Waals surface area contributed by atoms with Crippen molar-refractivity contribution in [2.75, 3.05) is 10.6 Å². The van der Waals surface area contributed by atoms with Crippen LogP contribution in [0, 0.1) is 11.8 Å². The Hall–Kier alpha value is -3.29. The zero-order valence-electron chi connectivity index (χ0n) is 20.8. The second kappa shape index (κ2) is 10.6. The highest BCUT2D eigenvalue weighted by Gasteiger charge is 2.28. The molecule has 0 unspecified atom stereocenters. The lowest BCUT2D eigenvalue weighted by atomic mass is 9.85. The third kappa shape index (κ3) is 5.53. The van der Waals surface area contributed by atoms with Gasteiger partial charge in [0.25, 0.3) is 0 Å². The van der Waals surface area contributed by atoms with Gasteiger partial charge in [-0.3, -0.25) is 9.59 Å². The third-order valence-corrected chi connectivity index (χ3v) is 8.75. The smallest absolute Gasteiger partial charge is 0.229 e. The quantitative estimate of drug-likeness (QED) is 0.265.